The number of hydrogen-bond acceptors (Lipinski definition) is 4. The highest BCUT2D eigenvalue weighted by molar-refractivity contribution is 9.09. The molecular weight excluding hydrogens is 326 g/mol. The Morgan fingerprint density at radius 2 is 2.10 bits per heavy atom. The van der Waals surface area contributed by atoms with Crippen LogP contribution < -0.4 is 0 Å². The summed E-state index contributed by atoms with van der Waals surface area (Å²) < 4.78 is 10.5. The van der Waals surface area contributed by atoms with Crippen LogP contribution in [-0.2, 0) is 20.9 Å². The van der Waals surface area contributed by atoms with Gasteiger partial charge in [-0.2, -0.15) is 0 Å². The van der Waals surface area contributed by atoms with Gasteiger partial charge in [0.2, 0.25) is 0 Å². The van der Waals surface area contributed by atoms with E-state index in [-0.39, 0.29) is 24.3 Å². The average Bonchev–Trinajstić information content (AvgIpc) is 2.52. The number of alkyl halides is 1. The Balaban J connectivity index is 1.94. The Kier molecular flexibility index (Phi) is 5.55. The van der Waals surface area contributed by atoms with Crippen molar-refractivity contribution in [3.8, 4) is 0 Å². The number of ketones is 1. The van der Waals surface area contributed by atoms with Crippen LogP contribution in [0.3, 0.4) is 0 Å². The number of amides is 1. The molecule has 1 unspecified atom stereocenters. The molecule has 0 radical (unpaired) electrons. The maximum atomic E-state index is 12.1. The lowest BCUT2D eigenvalue weighted by molar-refractivity contribution is -0.126. The van der Waals surface area contributed by atoms with Crippen molar-refractivity contribution in [2.24, 2.45) is 0 Å². The van der Waals surface area contributed by atoms with Crippen LogP contribution >= 0.6 is 15.9 Å². The van der Waals surface area contributed by atoms with Crippen LogP contribution in [0.15, 0.2) is 30.3 Å². The van der Waals surface area contributed by atoms with Crippen LogP contribution in [0.5, 0.6) is 0 Å². The van der Waals surface area contributed by atoms with Gasteiger partial charge in [0.1, 0.15) is 12.6 Å². The monoisotopic (exact) mass is 341 g/mol. The summed E-state index contributed by atoms with van der Waals surface area (Å²) in [6, 6.07) is 8.87. The fourth-order valence-corrected chi connectivity index (χ4v) is 2.35. The molecule has 1 aromatic carbocycles. The molecule has 0 aliphatic carbocycles. The predicted octanol–water partition coefficient (Wildman–Crippen LogP) is 1.99. The smallest absolute Gasteiger partial charge is 0.410 e. The molecule has 1 aliphatic heterocycles. The molecule has 6 heteroatoms. The van der Waals surface area contributed by atoms with Crippen molar-refractivity contribution < 1.29 is 19.1 Å². The number of carbonyl (C=O) groups excluding carboxylic acids is 2. The summed E-state index contributed by atoms with van der Waals surface area (Å²) in [4.78, 5) is 25.3. The zero-order chi connectivity index (χ0) is 14.4. The van der Waals surface area contributed by atoms with E-state index in [1.807, 2.05) is 30.3 Å². The van der Waals surface area contributed by atoms with E-state index >= 15 is 0 Å². The first-order valence-electron chi connectivity index (χ1n) is 6.36. The maximum absolute atomic E-state index is 12.1. The summed E-state index contributed by atoms with van der Waals surface area (Å²) in [5.74, 6) is -0.0821. The summed E-state index contributed by atoms with van der Waals surface area (Å²) >= 11 is 3.12. The van der Waals surface area contributed by atoms with Gasteiger partial charge >= 0.3 is 6.09 Å². The normalized spacial score (nSPS) is 18.6. The summed E-state index contributed by atoms with van der Waals surface area (Å²) in [6.45, 7) is 1.22. The summed E-state index contributed by atoms with van der Waals surface area (Å²) in [6.07, 6.45) is -0.476. The van der Waals surface area contributed by atoms with Crippen molar-refractivity contribution in [2.75, 3.05) is 25.1 Å². The first kappa shape index (κ1) is 15.0. The Morgan fingerprint density at radius 3 is 2.80 bits per heavy atom. The summed E-state index contributed by atoms with van der Waals surface area (Å²) in [5, 5.41) is 0.198. The zero-order valence-corrected chi connectivity index (χ0v) is 12.5. The molecule has 1 aliphatic rings. The van der Waals surface area contributed by atoms with Gasteiger partial charge in [-0.1, -0.05) is 46.3 Å². The number of carbonyl (C=O) groups is 2. The second-order valence-corrected chi connectivity index (χ2v) is 4.98. The molecule has 1 aromatic rings. The van der Waals surface area contributed by atoms with Crippen molar-refractivity contribution in [1.29, 1.82) is 0 Å². The third-order valence-electron chi connectivity index (χ3n) is 3.07. The summed E-state index contributed by atoms with van der Waals surface area (Å²) in [7, 11) is 0. The van der Waals surface area contributed by atoms with E-state index in [4.69, 9.17) is 9.47 Å². The topological polar surface area (TPSA) is 55.8 Å². The van der Waals surface area contributed by atoms with Crippen molar-refractivity contribution >= 4 is 27.8 Å². The Labute approximate surface area is 126 Å². The molecule has 0 bridgehead atoms. The molecule has 1 amide bonds. The van der Waals surface area contributed by atoms with Crippen LogP contribution in [0.25, 0.3) is 0 Å². The lowest BCUT2D eigenvalue weighted by atomic mass is 10.1. The second kappa shape index (κ2) is 7.40. The fraction of sp³-hybridized carbons (Fsp3) is 0.429. The number of ether oxygens (including phenoxy) is 2. The Hall–Kier alpha value is -1.40. The SMILES string of the molecule is O=C(CBr)C1COCCN1C(=O)OCc1ccccc1. The first-order valence-corrected chi connectivity index (χ1v) is 7.48. The molecule has 0 saturated carbocycles. The van der Waals surface area contributed by atoms with Gasteiger partial charge in [-0.15, -0.1) is 0 Å². The molecule has 1 fully saturated rings. The Bertz CT molecular complexity index is 466. The molecular formula is C14H16BrNO4. The predicted molar refractivity (Wildman–Crippen MR) is 76.7 cm³/mol. The molecule has 0 aromatic heterocycles. The number of benzene rings is 1. The molecule has 5 nitrogen and oxygen atoms in total. The van der Waals surface area contributed by atoms with Gasteiger partial charge in [0, 0.05) is 6.54 Å². The minimum absolute atomic E-state index is 0.0821. The largest absolute Gasteiger partial charge is 0.445 e. The maximum Gasteiger partial charge on any atom is 0.410 e. The van der Waals surface area contributed by atoms with Crippen molar-refractivity contribution in [2.45, 2.75) is 12.6 Å². The van der Waals surface area contributed by atoms with E-state index in [0.717, 1.165) is 5.56 Å². The molecule has 1 saturated heterocycles. The molecule has 1 heterocycles. The van der Waals surface area contributed by atoms with E-state index < -0.39 is 12.1 Å². The number of hydrogen-bond donors (Lipinski definition) is 0. The third kappa shape index (κ3) is 3.80. The van der Waals surface area contributed by atoms with Crippen LogP contribution in [0.4, 0.5) is 4.79 Å². The number of nitrogens with zero attached hydrogens (tertiary/aromatic N) is 1. The van der Waals surface area contributed by atoms with Crippen molar-refractivity contribution in [3.05, 3.63) is 35.9 Å². The Morgan fingerprint density at radius 1 is 1.35 bits per heavy atom. The van der Waals surface area contributed by atoms with Gasteiger partial charge in [-0.3, -0.25) is 9.69 Å². The fourth-order valence-electron chi connectivity index (χ4n) is 1.98. The number of Topliss-reactive ketones (excluding diaryl/α,β-unsaturated/α-hetero) is 1. The van der Waals surface area contributed by atoms with Crippen molar-refractivity contribution in [3.63, 3.8) is 0 Å². The molecule has 0 spiro atoms. The van der Waals surface area contributed by atoms with E-state index in [1.54, 1.807) is 0 Å². The van der Waals surface area contributed by atoms with Crippen LogP contribution in [-0.4, -0.2) is 47.9 Å². The highest BCUT2D eigenvalue weighted by Gasteiger charge is 2.33. The lowest BCUT2D eigenvalue weighted by Gasteiger charge is -2.33. The van der Waals surface area contributed by atoms with Gasteiger partial charge in [-0.25, -0.2) is 4.79 Å². The zero-order valence-electron chi connectivity index (χ0n) is 11.0. The van der Waals surface area contributed by atoms with Crippen LogP contribution in [0.1, 0.15) is 5.56 Å². The number of halogens is 1. The van der Waals surface area contributed by atoms with Crippen LogP contribution in [0.2, 0.25) is 0 Å². The molecule has 108 valence electrons. The average molecular weight is 342 g/mol. The van der Waals surface area contributed by atoms with E-state index in [2.05, 4.69) is 15.9 Å². The molecule has 0 N–H and O–H groups in total. The van der Waals surface area contributed by atoms with Crippen LogP contribution in [0, 0.1) is 0 Å². The quantitative estimate of drug-likeness (QED) is 0.786. The summed E-state index contributed by atoms with van der Waals surface area (Å²) in [5.41, 5.74) is 0.914. The number of morpholine rings is 1. The highest BCUT2D eigenvalue weighted by atomic mass is 79.9. The standard InChI is InChI=1S/C14H16BrNO4/c15-8-13(17)12-10-19-7-6-16(12)14(18)20-9-11-4-2-1-3-5-11/h1-5,12H,6-10H2. The van der Waals surface area contributed by atoms with Crippen molar-refractivity contribution in [1.82, 2.24) is 4.90 Å². The van der Waals surface area contributed by atoms with Gasteiger partial charge in [-0.05, 0) is 5.56 Å². The van der Waals surface area contributed by atoms with Gasteiger partial charge in [0.15, 0.2) is 5.78 Å². The number of rotatable bonds is 4. The minimum atomic E-state index is -0.564. The van der Waals surface area contributed by atoms with Gasteiger partial charge in [0.25, 0.3) is 0 Å². The third-order valence-corrected chi connectivity index (χ3v) is 3.62. The molecule has 2 rings (SSSR count). The van der Waals surface area contributed by atoms with E-state index in [1.165, 1.54) is 4.90 Å². The highest BCUT2D eigenvalue weighted by Crippen LogP contribution is 2.12. The van der Waals surface area contributed by atoms with E-state index in [9.17, 15) is 9.59 Å². The van der Waals surface area contributed by atoms with Gasteiger partial charge < -0.3 is 9.47 Å². The van der Waals surface area contributed by atoms with E-state index in [0.29, 0.717) is 13.2 Å². The first-order chi connectivity index (χ1) is 9.72. The minimum Gasteiger partial charge on any atom is -0.445 e. The lowest BCUT2D eigenvalue weighted by Crippen LogP contribution is -2.53. The van der Waals surface area contributed by atoms with Gasteiger partial charge in [0.05, 0.1) is 18.5 Å². The molecule has 20 heavy (non-hydrogen) atoms. The molecule has 1 atom stereocenters. The second-order valence-electron chi connectivity index (χ2n) is 4.42.